The molecule has 0 spiro atoms. The molecule has 3 aromatic rings. The molecule has 0 aliphatic carbocycles. The number of rotatable bonds is 8. The van der Waals surface area contributed by atoms with Gasteiger partial charge >= 0.3 is 5.97 Å². The predicted octanol–water partition coefficient (Wildman–Crippen LogP) is 3.95. The van der Waals surface area contributed by atoms with Crippen molar-refractivity contribution >= 4 is 63.8 Å². The van der Waals surface area contributed by atoms with Gasteiger partial charge in [0, 0.05) is 43.7 Å². The van der Waals surface area contributed by atoms with Crippen LogP contribution in [0.15, 0.2) is 30.3 Å². The zero-order chi connectivity index (χ0) is 22.5. The van der Waals surface area contributed by atoms with E-state index >= 15 is 0 Å². The number of aromatic amines is 1. The Morgan fingerprint density at radius 3 is 2.45 bits per heavy atom. The molecule has 1 aromatic carbocycles. The highest BCUT2D eigenvalue weighted by Gasteiger charge is 2.18. The predicted molar refractivity (Wildman–Crippen MR) is 121 cm³/mol. The van der Waals surface area contributed by atoms with Gasteiger partial charge in [-0.2, -0.15) is 4.98 Å². The van der Waals surface area contributed by atoms with Gasteiger partial charge in [0.25, 0.3) is 5.91 Å². The molecule has 0 saturated heterocycles. The standard InChI is InChI=1S/C20H20Cl3N5O3/c1-12(29)31-11-18(30)28(10-13-7-14(21)9-15(22)8-13)6-5-27(2)20-24-16-3-4-17(23)25-19(16)26-20/h3-4,7-9H,5-6,10-11H2,1-2H3,(H,24,25,26). The maximum atomic E-state index is 12.7. The number of imidazole rings is 1. The lowest BCUT2D eigenvalue weighted by atomic mass is 10.2. The number of hydrogen-bond acceptors (Lipinski definition) is 6. The number of anilines is 1. The summed E-state index contributed by atoms with van der Waals surface area (Å²) in [4.78, 5) is 39.0. The van der Waals surface area contributed by atoms with Crippen molar-refractivity contribution in [2.24, 2.45) is 0 Å². The molecule has 0 aliphatic heterocycles. The van der Waals surface area contributed by atoms with Crippen LogP contribution in [0, 0.1) is 0 Å². The molecule has 0 radical (unpaired) electrons. The zero-order valence-corrected chi connectivity index (χ0v) is 19.1. The van der Waals surface area contributed by atoms with E-state index in [1.54, 1.807) is 35.2 Å². The van der Waals surface area contributed by atoms with Gasteiger partial charge in [-0.25, -0.2) is 4.98 Å². The summed E-state index contributed by atoms with van der Waals surface area (Å²) in [5.74, 6) is -0.273. The molecule has 2 aromatic heterocycles. The largest absolute Gasteiger partial charge is 0.456 e. The number of pyridine rings is 1. The van der Waals surface area contributed by atoms with Crippen molar-refractivity contribution in [1.29, 1.82) is 0 Å². The lowest BCUT2D eigenvalue weighted by Gasteiger charge is -2.26. The van der Waals surface area contributed by atoms with E-state index in [0.29, 0.717) is 39.9 Å². The Bertz CT molecular complexity index is 1080. The Morgan fingerprint density at radius 1 is 1.06 bits per heavy atom. The van der Waals surface area contributed by atoms with E-state index in [1.807, 2.05) is 11.9 Å². The summed E-state index contributed by atoms with van der Waals surface area (Å²) in [6.07, 6.45) is 0. The van der Waals surface area contributed by atoms with Gasteiger partial charge in [0.15, 0.2) is 12.3 Å². The van der Waals surface area contributed by atoms with Crippen molar-refractivity contribution in [3.8, 4) is 0 Å². The number of esters is 1. The van der Waals surface area contributed by atoms with Crippen molar-refractivity contribution in [2.75, 3.05) is 31.6 Å². The summed E-state index contributed by atoms with van der Waals surface area (Å²) >= 11 is 18.1. The molecule has 2 heterocycles. The van der Waals surface area contributed by atoms with Crippen LogP contribution in [0.25, 0.3) is 11.2 Å². The van der Waals surface area contributed by atoms with Crippen LogP contribution >= 0.6 is 34.8 Å². The number of benzene rings is 1. The van der Waals surface area contributed by atoms with Gasteiger partial charge in [-0.3, -0.25) is 9.59 Å². The highest BCUT2D eigenvalue weighted by Crippen LogP contribution is 2.21. The van der Waals surface area contributed by atoms with Crippen LogP contribution in [0.2, 0.25) is 15.2 Å². The monoisotopic (exact) mass is 483 g/mol. The molecule has 0 unspecified atom stereocenters. The lowest BCUT2D eigenvalue weighted by molar-refractivity contribution is -0.150. The number of carbonyl (C=O) groups is 2. The van der Waals surface area contributed by atoms with Crippen LogP contribution in [0.4, 0.5) is 5.95 Å². The van der Waals surface area contributed by atoms with Gasteiger partial charge in [-0.1, -0.05) is 34.8 Å². The summed E-state index contributed by atoms with van der Waals surface area (Å²) < 4.78 is 4.88. The van der Waals surface area contributed by atoms with E-state index in [9.17, 15) is 9.59 Å². The Balaban J connectivity index is 1.72. The van der Waals surface area contributed by atoms with Crippen molar-refractivity contribution in [1.82, 2.24) is 19.9 Å². The molecule has 31 heavy (non-hydrogen) atoms. The van der Waals surface area contributed by atoms with Crippen LogP contribution in [-0.4, -0.2) is 58.5 Å². The van der Waals surface area contributed by atoms with Gasteiger partial charge in [-0.15, -0.1) is 0 Å². The molecule has 3 rings (SSSR count). The van der Waals surface area contributed by atoms with E-state index in [0.717, 1.165) is 11.1 Å². The molecule has 11 heteroatoms. The normalized spacial score (nSPS) is 10.9. The van der Waals surface area contributed by atoms with Crippen molar-refractivity contribution in [3.63, 3.8) is 0 Å². The maximum Gasteiger partial charge on any atom is 0.303 e. The molecule has 0 aliphatic rings. The lowest BCUT2D eigenvalue weighted by Crippen LogP contribution is -2.39. The number of hydrogen-bond donors (Lipinski definition) is 1. The van der Waals surface area contributed by atoms with Crippen molar-refractivity contribution in [2.45, 2.75) is 13.5 Å². The molecule has 1 N–H and O–H groups in total. The number of amides is 1. The number of carbonyl (C=O) groups excluding carboxylic acids is 2. The van der Waals surface area contributed by atoms with Gasteiger partial charge in [0.1, 0.15) is 5.15 Å². The minimum atomic E-state index is -0.523. The summed E-state index contributed by atoms with van der Waals surface area (Å²) in [6.45, 7) is 1.95. The van der Waals surface area contributed by atoms with Crippen LogP contribution < -0.4 is 4.90 Å². The molecular formula is C20H20Cl3N5O3. The molecule has 1 amide bonds. The van der Waals surface area contributed by atoms with E-state index in [-0.39, 0.29) is 19.1 Å². The summed E-state index contributed by atoms with van der Waals surface area (Å²) in [5, 5.41) is 1.30. The highest BCUT2D eigenvalue weighted by atomic mass is 35.5. The molecule has 0 bridgehead atoms. The summed E-state index contributed by atoms with van der Waals surface area (Å²) in [5.41, 5.74) is 2.02. The molecular weight excluding hydrogens is 465 g/mol. The van der Waals surface area contributed by atoms with Gasteiger partial charge in [0.05, 0.1) is 5.52 Å². The van der Waals surface area contributed by atoms with Crippen LogP contribution in [-0.2, 0) is 20.9 Å². The Labute approximate surface area is 194 Å². The minimum Gasteiger partial charge on any atom is -0.456 e. The average Bonchev–Trinajstić information content (AvgIpc) is 3.11. The molecule has 164 valence electrons. The maximum absolute atomic E-state index is 12.7. The SMILES string of the molecule is CC(=O)OCC(=O)N(CCN(C)c1nc2nc(Cl)ccc2[nH]1)Cc1cc(Cl)cc(Cl)c1. The molecule has 8 nitrogen and oxygen atoms in total. The average molecular weight is 485 g/mol. The first-order valence-corrected chi connectivity index (χ1v) is 10.4. The third-order valence-corrected chi connectivity index (χ3v) is 5.06. The fraction of sp³-hybridized carbons (Fsp3) is 0.300. The summed E-state index contributed by atoms with van der Waals surface area (Å²) in [6, 6.07) is 8.56. The summed E-state index contributed by atoms with van der Waals surface area (Å²) in [7, 11) is 1.84. The second-order valence-corrected chi connectivity index (χ2v) is 8.12. The highest BCUT2D eigenvalue weighted by molar-refractivity contribution is 6.34. The van der Waals surface area contributed by atoms with Crippen molar-refractivity contribution < 1.29 is 14.3 Å². The van der Waals surface area contributed by atoms with E-state index in [1.165, 1.54) is 6.92 Å². The molecule has 0 fully saturated rings. The van der Waals surface area contributed by atoms with E-state index in [4.69, 9.17) is 39.5 Å². The first kappa shape index (κ1) is 23.1. The second-order valence-electron chi connectivity index (χ2n) is 6.86. The first-order chi connectivity index (χ1) is 14.7. The topological polar surface area (TPSA) is 91.4 Å². The van der Waals surface area contributed by atoms with Gasteiger partial charge in [-0.05, 0) is 35.9 Å². The number of likely N-dealkylation sites (N-methyl/N-ethyl adjacent to an activating group) is 1. The third kappa shape index (κ3) is 6.46. The second kappa shape index (κ2) is 10.2. The van der Waals surface area contributed by atoms with Crippen LogP contribution in [0.3, 0.4) is 0 Å². The smallest absolute Gasteiger partial charge is 0.303 e. The Morgan fingerprint density at radius 2 is 1.77 bits per heavy atom. The number of H-pyrrole nitrogens is 1. The number of fused-ring (bicyclic) bond motifs is 1. The number of nitrogens with zero attached hydrogens (tertiary/aromatic N) is 4. The van der Waals surface area contributed by atoms with Gasteiger partial charge in [0.2, 0.25) is 5.95 Å². The number of halogens is 3. The minimum absolute atomic E-state index is 0.255. The van der Waals surface area contributed by atoms with E-state index < -0.39 is 5.97 Å². The van der Waals surface area contributed by atoms with Crippen LogP contribution in [0.5, 0.6) is 0 Å². The third-order valence-electron chi connectivity index (χ3n) is 4.41. The van der Waals surface area contributed by atoms with E-state index in [2.05, 4.69) is 15.0 Å². The fourth-order valence-corrected chi connectivity index (χ4v) is 3.60. The van der Waals surface area contributed by atoms with Crippen LogP contribution in [0.1, 0.15) is 12.5 Å². The first-order valence-electron chi connectivity index (χ1n) is 9.31. The number of nitrogens with one attached hydrogen (secondary N) is 1. The van der Waals surface area contributed by atoms with Crippen molar-refractivity contribution in [3.05, 3.63) is 51.1 Å². The fourth-order valence-electron chi connectivity index (χ4n) is 2.88. The zero-order valence-electron chi connectivity index (χ0n) is 16.9. The Hall–Kier alpha value is -2.55. The number of aromatic nitrogens is 3. The molecule has 0 atom stereocenters. The quantitative estimate of drug-likeness (QED) is 0.384. The molecule has 0 saturated carbocycles. The van der Waals surface area contributed by atoms with Gasteiger partial charge < -0.3 is 19.5 Å². The Kier molecular flexibility index (Phi) is 7.59. The number of ether oxygens (including phenoxy) is 1.